The van der Waals surface area contributed by atoms with Gasteiger partial charge in [-0.05, 0) is 43.9 Å². The molecule has 5 aromatic rings. The zero-order chi connectivity index (χ0) is 24.5. The molecule has 1 amide bonds. The van der Waals surface area contributed by atoms with Crippen LogP contribution in [0.2, 0.25) is 0 Å². The van der Waals surface area contributed by atoms with Gasteiger partial charge in [0, 0.05) is 31.3 Å². The molecule has 6 heterocycles. The topological polar surface area (TPSA) is 128 Å². The van der Waals surface area contributed by atoms with Crippen LogP contribution in [0.5, 0.6) is 0 Å². The van der Waals surface area contributed by atoms with Crippen LogP contribution < -0.4 is 10.2 Å². The molecule has 0 saturated carbocycles. The first kappa shape index (κ1) is 22.1. The van der Waals surface area contributed by atoms with Crippen LogP contribution in [0.1, 0.15) is 39.0 Å². The second-order valence-corrected chi connectivity index (χ2v) is 9.11. The van der Waals surface area contributed by atoms with Crippen molar-refractivity contribution >= 4 is 39.3 Å². The van der Waals surface area contributed by atoms with Crippen molar-refractivity contribution in [2.75, 3.05) is 23.3 Å². The molecule has 6 rings (SSSR count). The highest BCUT2D eigenvalue weighted by molar-refractivity contribution is 5.95. The molecule has 10 nitrogen and oxygen atoms in total. The summed E-state index contributed by atoms with van der Waals surface area (Å²) in [6, 6.07) is 5.74. The van der Waals surface area contributed by atoms with Crippen LogP contribution in [0.4, 0.5) is 11.4 Å². The highest BCUT2D eigenvalue weighted by Gasteiger charge is 2.20. The minimum Gasteiger partial charge on any atom is -0.368 e. The molecule has 0 atom stereocenters. The van der Waals surface area contributed by atoms with Gasteiger partial charge < -0.3 is 15.2 Å². The second kappa shape index (κ2) is 9.37. The lowest BCUT2D eigenvalue weighted by atomic mass is 10.1. The molecule has 1 fully saturated rings. The number of nitrogens with one attached hydrogen (secondary N) is 3. The number of pyridine rings is 3. The maximum atomic E-state index is 12.0. The summed E-state index contributed by atoms with van der Waals surface area (Å²) in [6.45, 7) is 4.01. The van der Waals surface area contributed by atoms with Gasteiger partial charge in [-0.1, -0.05) is 6.92 Å². The van der Waals surface area contributed by atoms with E-state index in [4.69, 9.17) is 9.97 Å². The lowest BCUT2D eigenvalue weighted by Crippen LogP contribution is -2.29. The first-order chi connectivity index (χ1) is 17.7. The van der Waals surface area contributed by atoms with Gasteiger partial charge in [-0.2, -0.15) is 5.10 Å². The minimum atomic E-state index is -0.0275. The standard InChI is InChI=1S/C26H27N9O/c1-2-6-22(36)29-17-11-16(12-27-13-17)18-7-8-19-24(30-18)25(34-33-19)26-31-20-14-28-15-21(23(20)32-26)35-9-4-3-5-10-35/h7-8,11-15H,2-6,9-10H2,1H3,(H,29,36)(H,31,32)(H,33,34). The summed E-state index contributed by atoms with van der Waals surface area (Å²) in [5.41, 5.74) is 7.17. The average Bonchev–Trinajstić information content (AvgIpc) is 3.53. The van der Waals surface area contributed by atoms with Crippen molar-refractivity contribution < 1.29 is 4.79 Å². The molecular weight excluding hydrogens is 454 g/mol. The van der Waals surface area contributed by atoms with Crippen LogP contribution in [0.3, 0.4) is 0 Å². The molecule has 0 bridgehead atoms. The third-order valence-corrected chi connectivity index (χ3v) is 6.50. The lowest BCUT2D eigenvalue weighted by Gasteiger charge is -2.28. The number of fused-ring (bicyclic) bond motifs is 2. The number of carbonyl (C=O) groups excluding carboxylic acids is 1. The van der Waals surface area contributed by atoms with E-state index in [1.165, 1.54) is 19.3 Å². The van der Waals surface area contributed by atoms with Gasteiger partial charge in [0.05, 0.1) is 46.7 Å². The van der Waals surface area contributed by atoms with Crippen molar-refractivity contribution in [3.63, 3.8) is 0 Å². The summed E-state index contributed by atoms with van der Waals surface area (Å²) in [4.78, 5) is 36.3. The number of H-pyrrole nitrogens is 2. The molecular formula is C26H27N9O. The normalized spacial score (nSPS) is 14.0. The number of piperidine rings is 1. The number of imidazole rings is 1. The Labute approximate surface area is 207 Å². The van der Waals surface area contributed by atoms with E-state index in [1.807, 2.05) is 31.3 Å². The third-order valence-electron chi connectivity index (χ3n) is 6.50. The molecule has 1 saturated heterocycles. The fourth-order valence-electron chi connectivity index (χ4n) is 4.72. The van der Waals surface area contributed by atoms with E-state index in [9.17, 15) is 4.79 Å². The maximum Gasteiger partial charge on any atom is 0.224 e. The minimum absolute atomic E-state index is 0.0275. The van der Waals surface area contributed by atoms with Crippen LogP contribution in [-0.4, -0.2) is 54.1 Å². The van der Waals surface area contributed by atoms with Gasteiger partial charge >= 0.3 is 0 Å². The molecule has 5 aromatic heterocycles. The fourth-order valence-corrected chi connectivity index (χ4v) is 4.72. The Bertz CT molecular complexity index is 1550. The monoisotopic (exact) mass is 481 g/mol. The van der Waals surface area contributed by atoms with Gasteiger partial charge in [-0.3, -0.25) is 19.9 Å². The molecule has 0 aliphatic carbocycles. The number of amides is 1. The Balaban J connectivity index is 1.37. The summed E-state index contributed by atoms with van der Waals surface area (Å²) in [6.07, 6.45) is 12.0. The summed E-state index contributed by atoms with van der Waals surface area (Å²) in [7, 11) is 0. The average molecular weight is 482 g/mol. The summed E-state index contributed by atoms with van der Waals surface area (Å²) < 4.78 is 0. The molecule has 1 aliphatic rings. The quantitative estimate of drug-likeness (QED) is 0.321. The molecule has 0 aromatic carbocycles. The van der Waals surface area contributed by atoms with E-state index >= 15 is 0 Å². The molecule has 0 spiro atoms. The van der Waals surface area contributed by atoms with Crippen molar-refractivity contribution in [1.82, 2.24) is 35.1 Å². The van der Waals surface area contributed by atoms with E-state index in [2.05, 4.69) is 35.4 Å². The Morgan fingerprint density at radius 3 is 2.72 bits per heavy atom. The smallest absolute Gasteiger partial charge is 0.224 e. The van der Waals surface area contributed by atoms with Crippen LogP contribution in [0.15, 0.2) is 43.0 Å². The number of hydrogen-bond acceptors (Lipinski definition) is 7. The SMILES string of the molecule is CCCC(=O)Nc1cncc(-c2ccc3[nH]nc(-c4nc5c(N6CCCCC6)cncc5[nH]4)c3n2)c1. The predicted molar refractivity (Wildman–Crippen MR) is 140 cm³/mol. The van der Waals surface area contributed by atoms with Crippen molar-refractivity contribution in [3.05, 3.63) is 43.0 Å². The van der Waals surface area contributed by atoms with Gasteiger partial charge in [-0.25, -0.2) is 9.97 Å². The van der Waals surface area contributed by atoms with Gasteiger partial charge in [0.25, 0.3) is 0 Å². The molecule has 182 valence electrons. The Morgan fingerprint density at radius 2 is 1.86 bits per heavy atom. The Morgan fingerprint density at radius 1 is 1.00 bits per heavy atom. The van der Waals surface area contributed by atoms with E-state index in [0.29, 0.717) is 29.1 Å². The number of anilines is 2. The summed E-state index contributed by atoms with van der Waals surface area (Å²) >= 11 is 0. The lowest BCUT2D eigenvalue weighted by molar-refractivity contribution is -0.116. The Hall–Kier alpha value is -4.34. The van der Waals surface area contributed by atoms with E-state index in [-0.39, 0.29) is 5.91 Å². The molecule has 1 aliphatic heterocycles. The second-order valence-electron chi connectivity index (χ2n) is 9.11. The Kier molecular flexibility index (Phi) is 5.76. The first-order valence-electron chi connectivity index (χ1n) is 12.4. The van der Waals surface area contributed by atoms with Crippen molar-refractivity contribution in [1.29, 1.82) is 0 Å². The van der Waals surface area contributed by atoms with E-state index < -0.39 is 0 Å². The zero-order valence-corrected chi connectivity index (χ0v) is 20.1. The number of aromatic amines is 2. The van der Waals surface area contributed by atoms with Crippen LogP contribution in [0.25, 0.3) is 44.8 Å². The van der Waals surface area contributed by atoms with Gasteiger partial charge in [0.1, 0.15) is 11.0 Å². The third kappa shape index (κ3) is 4.15. The summed E-state index contributed by atoms with van der Waals surface area (Å²) in [5, 5.41) is 10.5. The van der Waals surface area contributed by atoms with Gasteiger partial charge in [0.15, 0.2) is 11.5 Å². The maximum absolute atomic E-state index is 12.0. The summed E-state index contributed by atoms with van der Waals surface area (Å²) in [5.74, 6) is 0.617. The molecule has 3 N–H and O–H groups in total. The van der Waals surface area contributed by atoms with E-state index in [0.717, 1.165) is 53.0 Å². The van der Waals surface area contributed by atoms with Crippen LogP contribution >= 0.6 is 0 Å². The van der Waals surface area contributed by atoms with E-state index in [1.54, 1.807) is 18.6 Å². The molecule has 10 heteroatoms. The zero-order valence-electron chi connectivity index (χ0n) is 20.1. The highest BCUT2D eigenvalue weighted by Crippen LogP contribution is 2.31. The highest BCUT2D eigenvalue weighted by atomic mass is 16.1. The van der Waals surface area contributed by atoms with Crippen LogP contribution in [0, 0.1) is 0 Å². The predicted octanol–water partition coefficient (Wildman–Crippen LogP) is 4.69. The largest absolute Gasteiger partial charge is 0.368 e. The number of nitrogens with zero attached hydrogens (tertiary/aromatic N) is 6. The van der Waals surface area contributed by atoms with Gasteiger partial charge in [0.2, 0.25) is 5.91 Å². The number of hydrogen-bond donors (Lipinski definition) is 3. The molecule has 0 unspecified atom stereocenters. The first-order valence-corrected chi connectivity index (χ1v) is 12.4. The fraction of sp³-hybridized carbons (Fsp3) is 0.308. The van der Waals surface area contributed by atoms with Crippen molar-refractivity contribution in [2.24, 2.45) is 0 Å². The van der Waals surface area contributed by atoms with Gasteiger partial charge in [-0.15, -0.1) is 0 Å². The van der Waals surface area contributed by atoms with Crippen LogP contribution in [-0.2, 0) is 4.79 Å². The molecule has 36 heavy (non-hydrogen) atoms. The molecule has 0 radical (unpaired) electrons. The van der Waals surface area contributed by atoms with Crippen molar-refractivity contribution in [2.45, 2.75) is 39.0 Å². The number of carbonyl (C=O) groups is 1. The number of aromatic nitrogens is 7. The van der Waals surface area contributed by atoms with Crippen molar-refractivity contribution in [3.8, 4) is 22.8 Å². The number of rotatable bonds is 6.